The molecule has 2 atom stereocenters. The fourth-order valence-corrected chi connectivity index (χ4v) is 2.08. The Hall–Kier alpha value is -0.770. The van der Waals surface area contributed by atoms with E-state index in [0.29, 0.717) is 19.1 Å². The number of nitrogens with one attached hydrogen (secondary N) is 3. The first-order chi connectivity index (χ1) is 11.2. The predicted molar refractivity (Wildman–Crippen MR) is 114 cm³/mol. The molecule has 0 fully saturated rings. The summed E-state index contributed by atoms with van der Waals surface area (Å²) in [7, 11) is 1.67. The summed E-state index contributed by atoms with van der Waals surface area (Å²) >= 11 is 0. The van der Waals surface area contributed by atoms with Crippen molar-refractivity contribution in [2.75, 3.05) is 26.8 Å². The minimum Gasteiger partial charge on any atom is -0.444 e. The number of methoxy groups -OCH3 is 1. The molecule has 0 aromatic heterocycles. The van der Waals surface area contributed by atoms with Crippen molar-refractivity contribution in [3.05, 3.63) is 0 Å². The van der Waals surface area contributed by atoms with Gasteiger partial charge in [0.15, 0.2) is 5.96 Å². The minimum atomic E-state index is -0.504. The molecule has 25 heavy (non-hydrogen) atoms. The van der Waals surface area contributed by atoms with E-state index in [0.717, 1.165) is 19.4 Å². The third-order valence-corrected chi connectivity index (χ3v) is 2.97. The number of aliphatic imine (C=N–C) groups is 1. The van der Waals surface area contributed by atoms with Crippen LogP contribution in [-0.2, 0) is 9.47 Å². The summed E-state index contributed by atoms with van der Waals surface area (Å²) in [6.07, 6.45) is 1.40. The molecule has 0 aromatic carbocycles. The molecular weight excluding hydrogens is 435 g/mol. The molecule has 0 rings (SSSR count). The Morgan fingerprint density at radius 3 is 2.32 bits per heavy atom. The van der Waals surface area contributed by atoms with Gasteiger partial charge in [0.05, 0.1) is 19.2 Å². The van der Waals surface area contributed by atoms with Gasteiger partial charge in [-0.3, -0.25) is 4.99 Å². The molecule has 0 bridgehead atoms. The van der Waals surface area contributed by atoms with E-state index in [9.17, 15) is 4.79 Å². The highest BCUT2D eigenvalue weighted by Crippen LogP contribution is 2.07. The highest BCUT2D eigenvalue weighted by Gasteiger charge is 2.19. The predicted octanol–water partition coefficient (Wildman–Crippen LogP) is 2.89. The molecule has 0 saturated carbocycles. The summed E-state index contributed by atoms with van der Waals surface area (Å²) in [5, 5.41) is 9.38. The summed E-state index contributed by atoms with van der Waals surface area (Å²) in [6, 6.07) is 0.0919. The molecule has 0 aromatic rings. The van der Waals surface area contributed by atoms with Crippen LogP contribution in [-0.4, -0.2) is 56.5 Å². The summed E-state index contributed by atoms with van der Waals surface area (Å²) in [6.45, 7) is 13.5. The zero-order valence-electron chi connectivity index (χ0n) is 16.8. The second kappa shape index (κ2) is 14.4. The molecule has 0 heterocycles. The quantitative estimate of drug-likeness (QED) is 0.273. The van der Waals surface area contributed by atoms with Crippen molar-refractivity contribution in [3.63, 3.8) is 0 Å². The molecule has 0 aliphatic carbocycles. The second-order valence-corrected chi connectivity index (χ2v) is 6.85. The van der Waals surface area contributed by atoms with Crippen molar-refractivity contribution >= 4 is 36.0 Å². The number of guanidine groups is 1. The number of ether oxygens (including phenoxy) is 2. The molecule has 0 spiro atoms. The normalized spacial score (nSPS) is 14.1. The van der Waals surface area contributed by atoms with Crippen LogP contribution < -0.4 is 16.0 Å². The zero-order valence-corrected chi connectivity index (χ0v) is 19.1. The highest BCUT2D eigenvalue weighted by molar-refractivity contribution is 14.0. The van der Waals surface area contributed by atoms with Crippen LogP contribution >= 0.6 is 24.0 Å². The number of alkyl carbamates (subject to hydrolysis) is 1. The fourth-order valence-electron chi connectivity index (χ4n) is 2.08. The fraction of sp³-hybridized carbons (Fsp3) is 0.882. The van der Waals surface area contributed by atoms with Gasteiger partial charge >= 0.3 is 6.09 Å². The van der Waals surface area contributed by atoms with E-state index >= 15 is 0 Å². The van der Waals surface area contributed by atoms with Crippen molar-refractivity contribution in [1.82, 2.24) is 16.0 Å². The average molecular weight is 472 g/mol. The molecule has 8 heteroatoms. The van der Waals surface area contributed by atoms with Gasteiger partial charge in [-0.15, -0.1) is 24.0 Å². The zero-order chi connectivity index (χ0) is 18.6. The first kappa shape index (κ1) is 26.5. The lowest BCUT2D eigenvalue weighted by Crippen LogP contribution is -2.45. The van der Waals surface area contributed by atoms with Crippen LogP contribution in [0.4, 0.5) is 4.79 Å². The Morgan fingerprint density at radius 1 is 1.20 bits per heavy atom. The number of nitrogens with zero attached hydrogens (tertiary/aromatic N) is 1. The van der Waals surface area contributed by atoms with E-state index in [4.69, 9.17) is 9.47 Å². The van der Waals surface area contributed by atoms with Gasteiger partial charge in [-0.05, 0) is 41.0 Å². The Kier molecular flexibility index (Phi) is 15.2. The Bertz CT molecular complexity index is 387. The molecular formula is C17H37IN4O3. The summed E-state index contributed by atoms with van der Waals surface area (Å²) in [5.41, 5.74) is -0.504. The topological polar surface area (TPSA) is 84.0 Å². The van der Waals surface area contributed by atoms with Gasteiger partial charge in [0.2, 0.25) is 0 Å². The standard InChI is InChI=1S/C17H36N4O3.HI/c1-8-10-14(21-16(22)24-17(4,5)6)11-19-15(18-9-2)20-13(3)12-23-7;/h13-14H,8-12H2,1-7H3,(H,21,22)(H2,18,19,20);1H. The summed E-state index contributed by atoms with van der Waals surface area (Å²) in [5.74, 6) is 0.717. The number of rotatable bonds is 9. The van der Waals surface area contributed by atoms with Gasteiger partial charge < -0.3 is 25.4 Å². The first-order valence-electron chi connectivity index (χ1n) is 8.75. The van der Waals surface area contributed by atoms with E-state index in [-0.39, 0.29) is 36.1 Å². The van der Waals surface area contributed by atoms with Gasteiger partial charge in [-0.1, -0.05) is 13.3 Å². The highest BCUT2D eigenvalue weighted by atomic mass is 127. The van der Waals surface area contributed by atoms with Gasteiger partial charge in [0.25, 0.3) is 0 Å². The van der Waals surface area contributed by atoms with Gasteiger partial charge in [-0.2, -0.15) is 0 Å². The van der Waals surface area contributed by atoms with Crippen LogP contribution in [0, 0.1) is 0 Å². The lowest BCUT2D eigenvalue weighted by Gasteiger charge is -2.23. The number of halogens is 1. The van der Waals surface area contributed by atoms with Crippen LogP contribution in [0.25, 0.3) is 0 Å². The minimum absolute atomic E-state index is 0. The lowest BCUT2D eigenvalue weighted by atomic mass is 10.1. The number of carbonyl (C=O) groups is 1. The monoisotopic (exact) mass is 472 g/mol. The van der Waals surface area contributed by atoms with Crippen LogP contribution in [0.3, 0.4) is 0 Å². The maximum Gasteiger partial charge on any atom is 0.407 e. The van der Waals surface area contributed by atoms with E-state index in [2.05, 4.69) is 27.9 Å². The van der Waals surface area contributed by atoms with Gasteiger partial charge in [-0.25, -0.2) is 4.79 Å². The van der Waals surface area contributed by atoms with Crippen LogP contribution in [0.2, 0.25) is 0 Å². The van der Waals surface area contributed by atoms with Crippen LogP contribution in [0.5, 0.6) is 0 Å². The molecule has 3 N–H and O–H groups in total. The third kappa shape index (κ3) is 15.2. The molecule has 150 valence electrons. The summed E-state index contributed by atoms with van der Waals surface area (Å²) < 4.78 is 10.4. The molecule has 1 amide bonds. The number of hydrogen-bond acceptors (Lipinski definition) is 4. The molecule has 0 saturated heterocycles. The Morgan fingerprint density at radius 2 is 1.84 bits per heavy atom. The van der Waals surface area contributed by atoms with Crippen molar-refractivity contribution in [2.45, 2.75) is 72.1 Å². The van der Waals surface area contributed by atoms with E-state index in [1.54, 1.807) is 7.11 Å². The van der Waals surface area contributed by atoms with Crippen LogP contribution in [0.15, 0.2) is 4.99 Å². The number of hydrogen-bond donors (Lipinski definition) is 3. The molecule has 0 aliphatic heterocycles. The van der Waals surface area contributed by atoms with Gasteiger partial charge in [0.1, 0.15) is 5.60 Å². The van der Waals surface area contributed by atoms with Crippen molar-refractivity contribution in [1.29, 1.82) is 0 Å². The number of carbonyl (C=O) groups excluding carboxylic acids is 1. The molecule has 0 radical (unpaired) electrons. The third-order valence-electron chi connectivity index (χ3n) is 2.97. The largest absolute Gasteiger partial charge is 0.444 e. The first-order valence-corrected chi connectivity index (χ1v) is 8.75. The Labute approximate surface area is 170 Å². The van der Waals surface area contributed by atoms with Crippen molar-refractivity contribution in [3.8, 4) is 0 Å². The second-order valence-electron chi connectivity index (χ2n) is 6.85. The van der Waals surface area contributed by atoms with Crippen molar-refractivity contribution in [2.24, 2.45) is 4.99 Å². The lowest BCUT2D eigenvalue weighted by molar-refractivity contribution is 0.0503. The Balaban J connectivity index is 0. The molecule has 7 nitrogen and oxygen atoms in total. The average Bonchev–Trinajstić information content (AvgIpc) is 2.43. The van der Waals surface area contributed by atoms with Crippen molar-refractivity contribution < 1.29 is 14.3 Å². The van der Waals surface area contributed by atoms with Gasteiger partial charge in [0, 0.05) is 19.7 Å². The number of amides is 1. The smallest absolute Gasteiger partial charge is 0.407 e. The summed E-state index contributed by atoms with van der Waals surface area (Å²) in [4.78, 5) is 16.5. The SMILES string of the molecule is CCCC(CN=C(NCC)NC(C)COC)NC(=O)OC(C)(C)C.I. The maximum absolute atomic E-state index is 11.9. The van der Waals surface area contributed by atoms with E-state index in [1.807, 2.05) is 34.6 Å². The maximum atomic E-state index is 11.9. The van der Waals surface area contributed by atoms with E-state index < -0.39 is 11.7 Å². The van der Waals surface area contributed by atoms with Crippen LogP contribution in [0.1, 0.15) is 54.4 Å². The molecule has 2 unspecified atom stereocenters. The molecule has 0 aliphatic rings. The van der Waals surface area contributed by atoms with E-state index in [1.165, 1.54) is 0 Å².